The second-order valence-electron chi connectivity index (χ2n) is 4.54. The van der Waals surface area contributed by atoms with E-state index < -0.39 is 0 Å². The molecule has 88 valence electrons. The van der Waals surface area contributed by atoms with E-state index in [1.54, 1.807) is 0 Å². The van der Waals surface area contributed by atoms with E-state index in [9.17, 15) is 0 Å². The Hall–Kier alpha value is -0.300. The van der Waals surface area contributed by atoms with Crippen LogP contribution in [0, 0.1) is 0 Å². The van der Waals surface area contributed by atoms with Crippen LogP contribution in [-0.4, -0.2) is 12.7 Å². The molecule has 1 rings (SSSR count). The Labute approximate surface area is 94.9 Å². The van der Waals surface area contributed by atoms with Gasteiger partial charge in [0, 0.05) is 6.61 Å². The van der Waals surface area contributed by atoms with Crippen LogP contribution >= 0.6 is 0 Å². The molecule has 1 aliphatic rings. The standard InChI is InChI=1S/C14H26O/c1-2-3-4-5-6-7-8-9-11-14-12-10-13-15-14/h9,11,14H,2-8,10,12-13H2,1H3/b11-9-/t14-/m0/s1. The van der Waals surface area contributed by atoms with Crippen molar-refractivity contribution in [3.8, 4) is 0 Å². The quantitative estimate of drug-likeness (QED) is 0.424. The van der Waals surface area contributed by atoms with Crippen molar-refractivity contribution in [1.29, 1.82) is 0 Å². The summed E-state index contributed by atoms with van der Waals surface area (Å²) in [5.41, 5.74) is 0. The fourth-order valence-corrected chi connectivity index (χ4v) is 2.04. The molecule has 0 aromatic heterocycles. The first-order valence-corrected chi connectivity index (χ1v) is 6.71. The molecule has 0 aromatic rings. The molecule has 0 spiro atoms. The van der Waals surface area contributed by atoms with Crippen LogP contribution in [0.2, 0.25) is 0 Å². The average molecular weight is 210 g/mol. The van der Waals surface area contributed by atoms with Crippen LogP contribution in [0.15, 0.2) is 12.2 Å². The minimum atomic E-state index is 0.435. The molecule has 1 aliphatic heterocycles. The lowest BCUT2D eigenvalue weighted by molar-refractivity contribution is 0.145. The highest BCUT2D eigenvalue weighted by Gasteiger charge is 2.10. The largest absolute Gasteiger partial charge is 0.374 e. The number of hydrogen-bond acceptors (Lipinski definition) is 1. The second-order valence-corrected chi connectivity index (χ2v) is 4.54. The Morgan fingerprint density at radius 2 is 1.93 bits per heavy atom. The third-order valence-corrected chi connectivity index (χ3v) is 3.04. The Bertz CT molecular complexity index is 157. The summed E-state index contributed by atoms with van der Waals surface area (Å²) in [6.45, 7) is 3.23. The van der Waals surface area contributed by atoms with Crippen LogP contribution in [0.4, 0.5) is 0 Å². The maximum absolute atomic E-state index is 5.53. The van der Waals surface area contributed by atoms with E-state index in [1.807, 2.05) is 0 Å². The predicted molar refractivity (Wildman–Crippen MR) is 66.1 cm³/mol. The molecule has 1 heterocycles. The SMILES string of the molecule is CCCCCCCC/C=C\[C@H]1CCCO1. The van der Waals surface area contributed by atoms with Gasteiger partial charge in [-0.3, -0.25) is 0 Å². The zero-order valence-electron chi connectivity index (χ0n) is 10.2. The summed E-state index contributed by atoms with van der Waals surface area (Å²) in [5.74, 6) is 0. The van der Waals surface area contributed by atoms with Crippen molar-refractivity contribution in [2.75, 3.05) is 6.61 Å². The van der Waals surface area contributed by atoms with Crippen molar-refractivity contribution in [3.05, 3.63) is 12.2 Å². The topological polar surface area (TPSA) is 9.23 Å². The lowest BCUT2D eigenvalue weighted by Gasteiger charge is -2.01. The molecule has 0 aliphatic carbocycles. The lowest BCUT2D eigenvalue weighted by Crippen LogP contribution is -1.98. The van der Waals surface area contributed by atoms with Gasteiger partial charge < -0.3 is 4.74 Å². The Morgan fingerprint density at radius 3 is 2.67 bits per heavy atom. The minimum absolute atomic E-state index is 0.435. The van der Waals surface area contributed by atoms with E-state index >= 15 is 0 Å². The third-order valence-electron chi connectivity index (χ3n) is 3.04. The number of hydrogen-bond donors (Lipinski definition) is 0. The first-order valence-electron chi connectivity index (χ1n) is 6.71. The molecule has 0 radical (unpaired) electrons. The highest BCUT2D eigenvalue weighted by atomic mass is 16.5. The predicted octanol–water partition coefficient (Wildman–Crippen LogP) is 4.47. The highest BCUT2D eigenvalue weighted by Crippen LogP contribution is 2.14. The first-order chi connectivity index (χ1) is 7.43. The molecular weight excluding hydrogens is 184 g/mol. The zero-order valence-corrected chi connectivity index (χ0v) is 10.2. The van der Waals surface area contributed by atoms with E-state index in [4.69, 9.17) is 4.74 Å². The molecule has 1 saturated heterocycles. The first kappa shape index (κ1) is 12.8. The van der Waals surface area contributed by atoms with Crippen LogP contribution in [0.25, 0.3) is 0 Å². The fraction of sp³-hybridized carbons (Fsp3) is 0.857. The fourth-order valence-electron chi connectivity index (χ4n) is 2.04. The van der Waals surface area contributed by atoms with Crippen LogP contribution in [-0.2, 0) is 4.74 Å². The van der Waals surface area contributed by atoms with Crippen molar-refractivity contribution >= 4 is 0 Å². The summed E-state index contributed by atoms with van der Waals surface area (Å²) in [4.78, 5) is 0. The number of allylic oxidation sites excluding steroid dienone is 1. The van der Waals surface area contributed by atoms with Gasteiger partial charge >= 0.3 is 0 Å². The Kier molecular flexibility index (Phi) is 7.63. The molecule has 1 nitrogen and oxygen atoms in total. The van der Waals surface area contributed by atoms with Gasteiger partial charge in [0.2, 0.25) is 0 Å². The Morgan fingerprint density at radius 1 is 1.13 bits per heavy atom. The molecule has 1 atom stereocenters. The number of rotatable bonds is 8. The molecule has 1 heteroatoms. The van der Waals surface area contributed by atoms with Gasteiger partial charge in [-0.15, -0.1) is 0 Å². The second kappa shape index (κ2) is 8.96. The van der Waals surface area contributed by atoms with Crippen molar-refractivity contribution in [2.24, 2.45) is 0 Å². The number of unbranched alkanes of at least 4 members (excludes halogenated alkanes) is 6. The molecule has 0 aromatic carbocycles. The maximum atomic E-state index is 5.53. The smallest absolute Gasteiger partial charge is 0.0756 e. The number of ether oxygens (including phenoxy) is 1. The minimum Gasteiger partial charge on any atom is -0.374 e. The third kappa shape index (κ3) is 6.72. The van der Waals surface area contributed by atoms with E-state index in [1.165, 1.54) is 57.8 Å². The summed E-state index contributed by atoms with van der Waals surface area (Å²) in [6.07, 6.45) is 17.1. The molecule has 0 bridgehead atoms. The molecule has 0 N–H and O–H groups in total. The van der Waals surface area contributed by atoms with Crippen LogP contribution in [0.1, 0.15) is 64.7 Å². The summed E-state index contributed by atoms with van der Waals surface area (Å²) in [5, 5.41) is 0. The van der Waals surface area contributed by atoms with E-state index in [2.05, 4.69) is 19.1 Å². The highest BCUT2D eigenvalue weighted by molar-refractivity contribution is 4.91. The molecule has 15 heavy (non-hydrogen) atoms. The van der Waals surface area contributed by atoms with Gasteiger partial charge in [0.1, 0.15) is 0 Å². The Balaban J connectivity index is 1.83. The zero-order chi connectivity index (χ0) is 10.8. The van der Waals surface area contributed by atoms with E-state index in [-0.39, 0.29) is 0 Å². The van der Waals surface area contributed by atoms with Crippen LogP contribution < -0.4 is 0 Å². The molecule has 0 amide bonds. The average Bonchev–Trinajstić information content (AvgIpc) is 2.75. The molecule has 0 saturated carbocycles. The normalized spacial score (nSPS) is 21.5. The van der Waals surface area contributed by atoms with Crippen LogP contribution in [0.5, 0.6) is 0 Å². The van der Waals surface area contributed by atoms with Crippen molar-refractivity contribution in [1.82, 2.24) is 0 Å². The van der Waals surface area contributed by atoms with Crippen molar-refractivity contribution < 1.29 is 4.74 Å². The van der Waals surface area contributed by atoms with Crippen LogP contribution in [0.3, 0.4) is 0 Å². The van der Waals surface area contributed by atoms with Gasteiger partial charge in [0.15, 0.2) is 0 Å². The summed E-state index contributed by atoms with van der Waals surface area (Å²) in [7, 11) is 0. The monoisotopic (exact) mass is 210 g/mol. The van der Waals surface area contributed by atoms with E-state index in [0.717, 1.165) is 6.61 Å². The summed E-state index contributed by atoms with van der Waals surface area (Å²) < 4.78 is 5.53. The van der Waals surface area contributed by atoms with Crippen molar-refractivity contribution in [3.63, 3.8) is 0 Å². The lowest BCUT2D eigenvalue weighted by atomic mass is 10.1. The maximum Gasteiger partial charge on any atom is 0.0756 e. The summed E-state index contributed by atoms with van der Waals surface area (Å²) >= 11 is 0. The molecule has 0 unspecified atom stereocenters. The van der Waals surface area contributed by atoms with Gasteiger partial charge in [-0.05, 0) is 25.7 Å². The van der Waals surface area contributed by atoms with Gasteiger partial charge in [0.25, 0.3) is 0 Å². The summed E-state index contributed by atoms with van der Waals surface area (Å²) in [6, 6.07) is 0. The van der Waals surface area contributed by atoms with Gasteiger partial charge in [-0.25, -0.2) is 0 Å². The molecular formula is C14H26O. The van der Waals surface area contributed by atoms with Crippen molar-refractivity contribution in [2.45, 2.75) is 70.8 Å². The van der Waals surface area contributed by atoms with Gasteiger partial charge in [-0.2, -0.15) is 0 Å². The van der Waals surface area contributed by atoms with Gasteiger partial charge in [0.05, 0.1) is 6.10 Å². The molecule has 1 fully saturated rings. The van der Waals surface area contributed by atoms with Gasteiger partial charge in [-0.1, -0.05) is 51.2 Å². The van der Waals surface area contributed by atoms with E-state index in [0.29, 0.717) is 6.10 Å².